The summed E-state index contributed by atoms with van der Waals surface area (Å²) in [7, 11) is 2.14. The molecule has 352 valence electrons. The first-order chi connectivity index (χ1) is 29.2. The number of alkyl carbamates (subject to hydrolysis) is 2. The molecule has 13 nitrogen and oxygen atoms in total. The van der Waals surface area contributed by atoms with E-state index in [1.54, 1.807) is 0 Å². The summed E-state index contributed by atoms with van der Waals surface area (Å²) in [5.74, 6) is -0.470. The van der Waals surface area contributed by atoms with Crippen LogP contribution in [-0.2, 0) is 28.5 Å². The van der Waals surface area contributed by atoms with Crippen molar-refractivity contribution in [1.82, 2.24) is 25.3 Å². The van der Waals surface area contributed by atoms with Crippen LogP contribution in [0.1, 0.15) is 182 Å². The second kappa shape index (κ2) is 39.2. The van der Waals surface area contributed by atoms with E-state index in [4.69, 9.17) is 18.9 Å². The Labute approximate surface area is 366 Å². The molecule has 0 aromatic rings. The van der Waals surface area contributed by atoms with E-state index in [0.29, 0.717) is 39.4 Å². The number of hydrogen-bond acceptors (Lipinski definition) is 11. The molecule has 0 aliphatic carbocycles. The van der Waals surface area contributed by atoms with E-state index in [1.807, 2.05) is 0 Å². The lowest BCUT2D eigenvalue weighted by molar-refractivity contribution is -0.144. The van der Waals surface area contributed by atoms with Crippen molar-refractivity contribution in [3.05, 3.63) is 0 Å². The lowest BCUT2D eigenvalue weighted by atomic mass is 10.1. The van der Waals surface area contributed by atoms with Gasteiger partial charge in [-0.1, -0.05) is 91.9 Å². The average Bonchev–Trinajstić information content (AvgIpc) is 3.24. The Hall–Kier alpha value is -2.64. The number of hydrogen-bond donors (Lipinski definition) is 2. The first-order valence-corrected chi connectivity index (χ1v) is 24.5. The van der Waals surface area contributed by atoms with Gasteiger partial charge in [0, 0.05) is 65.4 Å². The Bertz CT molecular complexity index is 993. The highest BCUT2D eigenvalue weighted by Crippen LogP contribution is 2.14. The Morgan fingerprint density at radius 2 is 0.950 bits per heavy atom. The van der Waals surface area contributed by atoms with Crippen LogP contribution in [0.15, 0.2) is 0 Å². The monoisotopic (exact) mass is 854 g/mol. The second-order valence-corrected chi connectivity index (χ2v) is 16.9. The SMILES string of the molecule is CCCCCCCCC(CC)OC(=O)NCCCCCOC(=O)CCN(CCC(=O)OCCCCCNC(=O)OC(CC)CCCCCCCC)CCN1CCN(C)CC1. The molecule has 1 aliphatic heterocycles. The van der Waals surface area contributed by atoms with Gasteiger partial charge in [-0.2, -0.15) is 0 Å². The van der Waals surface area contributed by atoms with Crippen LogP contribution in [0.5, 0.6) is 0 Å². The third kappa shape index (κ3) is 33.0. The highest BCUT2D eigenvalue weighted by Gasteiger charge is 2.18. The molecule has 1 aliphatic rings. The minimum absolute atomic E-state index is 0.0274. The van der Waals surface area contributed by atoms with Crippen molar-refractivity contribution in [2.75, 3.05) is 85.7 Å². The van der Waals surface area contributed by atoms with E-state index < -0.39 is 0 Å². The van der Waals surface area contributed by atoms with Crippen LogP contribution in [0, 0.1) is 0 Å². The summed E-state index contributed by atoms with van der Waals surface area (Å²) in [4.78, 5) is 56.7. The molecule has 0 aromatic heterocycles. The molecule has 2 amide bonds. The van der Waals surface area contributed by atoms with Crippen molar-refractivity contribution in [2.24, 2.45) is 0 Å². The fourth-order valence-electron chi connectivity index (χ4n) is 7.28. The Kier molecular flexibility index (Phi) is 36.2. The molecule has 0 radical (unpaired) electrons. The molecule has 0 spiro atoms. The summed E-state index contributed by atoms with van der Waals surface area (Å²) >= 11 is 0. The highest BCUT2D eigenvalue weighted by atomic mass is 16.6. The van der Waals surface area contributed by atoms with Crippen molar-refractivity contribution in [2.45, 2.75) is 194 Å². The topological polar surface area (TPSA) is 139 Å². The van der Waals surface area contributed by atoms with Crippen molar-refractivity contribution in [3.63, 3.8) is 0 Å². The molecule has 1 saturated heterocycles. The molecule has 2 atom stereocenters. The number of carbonyl (C=O) groups excluding carboxylic acids is 4. The smallest absolute Gasteiger partial charge is 0.407 e. The first-order valence-electron chi connectivity index (χ1n) is 24.5. The maximum Gasteiger partial charge on any atom is 0.407 e. The van der Waals surface area contributed by atoms with Crippen LogP contribution in [0.4, 0.5) is 9.59 Å². The lowest BCUT2D eigenvalue weighted by Gasteiger charge is -2.34. The quantitative estimate of drug-likeness (QED) is 0.0348. The van der Waals surface area contributed by atoms with Crippen molar-refractivity contribution in [1.29, 1.82) is 0 Å². The number of likely N-dealkylation sites (N-methyl/N-ethyl adjacent to an activating group) is 1. The third-order valence-electron chi connectivity index (χ3n) is 11.5. The molecule has 2 N–H and O–H groups in total. The fraction of sp³-hybridized carbons (Fsp3) is 0.915. The van der Waals surface area contributed by atoms with Crippen molar-refractivity contribution < 1.29 is 38.1 Å². The van der Waals surface area contributed by atoms with Gasteiger partial charge in [0.15, 0.2) is 0 Å². The zero-order chi connectivity index (χ0) is 43.9. The number of esters is 2. The Morgan fingerprint density at radius 1 is 0.533 bits per heavy atom. The largest absolute Gasteiger partial charge is 0.466 e. The van der Waals surface area contributed by atoms with E-state index in [2.05, 4.69) is 60.1 Å². The molecule has 0 saturated carbocycles. The van der Waals surface area contributed by atoms with Gasteiger partial charge in [0.05, 0.1) is 26.1 Å². The van der Waals surface area contributed by atoms with Gasteiger partial charge >= 0.3 is 24.1 Å². The number of amides is 2. The van der Waals surface area contributed by atoms with Crippen LogP contribution in [-0.4, -0.2) is 137 Å². The van der Waals surface area contributed by atoms with Crippen LogP contribution in [0.3, 0.4) is 0 Å². The van der Waals surface area contributed by atoms with Gasteiger partial charge in [0.2, 0.25) is 0 Å². The van der Waals surface area contributed by atoms with E-state index >= 15 is 0 Å². The van der Waals surface area contributed by atoms with Crippen molar-refractivity contribution in [3.8, 4) is 0 Å². The number of ether oxygens (including phenoxy) is 4. The van der Waals surface area contributed by atoms with E-state index in [0.717, 1.165) is 116 Å². The Balaban J connectivity index is 2.25. The zero-order valence-electron chi connectivity index (χ0n) is 39.2. The second-order valence-electron chi connectivity index (χ2n) is 16.9. The third-order valence-corrected chi connectivity index (χ3v) is 11.5. The van der Waals surface area contributed by atoms with Gasteiger partial charge in [0.25, 0.3) is 0 Å². The molecule has 1 fully saturated rings. The van der Waals surface area contributed by atoms with Crippen LogP contribution < -0.4 is 10.6 Å². The van der Waals surface area contributed by atoms with Gasteiger partial charge in [-0.05, 0) is 84.1 Å². The number of rotatable bonds is 39. The number of unbranched alkanes of at least 4 members (excludes halogenated alkanes) is 14. The van der Waals surface area contributed by atoms with Gasteiger partial charge in [0.1, 0.15) is 12.2 Å². The summed E-state index contributed by atoms with van der Waals surface area (Å²) in [5.41, 5.74) is 0. The molecule has 0 aromatic carbocycles. The molecule has 13 heteroatoms. The van der Waals surface area contributed by atoms with Gasteiger partial charge in [-0.25, -0.2) is 9.59 Å². The van der Waals surface area contributed by atoms with Crippen molar-refractivity contribution >= 4 is 24.1 Å². The van der Waals surface area contributed by atoms with Gasteiger partial charge in [-0.3, -0.25) is 14.5 Å². The summed E-state index contributed by atoms with van der Waals surface area (Å²) in [5, 5.41) is 5.73. The number of nitrogens with zero attached hydrogens (tertiary/aromatic N) is 3. The molecule has 60 heavy (non-hydrogen) atoms. The summed E-state index contributed by atoms with van der Waals surface area (Å²) in [6, 6.07) is 0. The Morgan fingerprint density at radius 3 is 1.38 bits per heavy atom. The maximum absolute atomic E-state index is 12.6. The van der Waals surface area contributed by atoms with E-state index in [1.165, 1.54) is 64.2 Å². The highest BCUT2D eigenvalue weighted by molar-refractivity contribution is 5.70. The number of piperazine rings is 1. The standard InChI is InChI=1S/C47H91N5O8/c1-6-10-12-14-16-20-26-42(8-3)59-46(55)48-30-22-18-24-40-57-44(53)28-32-51(38-39-52-36-34-50(5)35-37-52)33-29-45(54)58-41-25-19-23-31-49-47(56)60-43(9-4)27-21-17-15-13-11-7-2/h42-43H,6-41H2,1-5H3,(H,48,55)(H,49,56). The first kappa shape index (κ1) is 55.4. The predicted octanol–water partition coefficient (Wildman–Crippen LogP) is 9.25. The maximum atomic E-state index is 12.6. The molecule has 1 rings (SSSR count). The molecule has 1 heterocycles. The minimum atomic E-state index is -0.344. The molecular formula is C47H91N5O8. The average molecular weight is 854 g/mol. The zero-order valence-corrected chi connectivity index (χ0v) is 39.2. The van der Waals surface area contributed by atoms with Gasteiger partial charge < -0.3 is 39.4 Å². The normalized spacial score (nSPS) is 14.4. The predicted molar refractivity (Wildman–Crippen MR) is 242 cm³/mol. The minimum Gasteiger partial charge on any atom is -0.466 e. The summed E-state index contributed by atoms with van der Waals surface area (Å²) in [6.07, 6.45) is 22.8. The summed E-state index contributed by atoms with van der Waals surface area (Å²) in [6.45, 7) is 17.2. The van der Waals surface area contributed by atoms with Gasteiger partial charge in [-0.15, -0.1) is 0 Å². The lowest BCUT2D eigenvalue weighted by Crippen LogP contribution is -2.47. The molecular weight excluding hydrogens is 763 g/mol. The van der Waals surface area contributed by atoms with Crippen LogP contribution >= 0.6 is 0 Å². The number of nitrogens with one attached hydrogen (secondary N) is 2. The fourth-order valence-corrected chi connectivity index (χ4v) is 7.28. The van der Waals surface area contributed by atoms with E-state index in [-0.39, 0.29) is 49.2 Å². The van der Waals surface area contributed by atoms with Crippen LogP contribution in [0.2, 0.25) is 0 Å². The molecule has 0 bridgehead atoms. The van der Waals surface area contributed by atoms with E-state index in [9.17, 15) is 19.2 Å². The molecule has 2 unspecified atom stereocenters. The van der Waals surface area contributed by atoms with Crippen LogP contribution in [0.25, 0.3) is 0 Å². The number of carbonyl (C=O) groups is 4. The summed E-state index contributed by atoms with van der Waals surface area (Å²) < 4.78 is 22.3.